The summed E-state index contributed by atoms with van der Waals surface area (Å²) in [5, 5.41) is 7.32. The predicted octanol–water partition coefficient (Wildman–Crippen LogP) is 4.95. The Hall–Kier alpha value is -1.96. The van der Waals surface area contributed by atoms with Crippen LogP contribution in [0.1, 0.15) is 46.2 Å². The molecular weight excluding hydrogens is 419 g/mol. The van der Waals surface area contributed by atoms with Crippen molar-refractivity contribution < 1.29 is 9.59 Å². The van der Waals surface area contributed by atoms with Gasteiger partial charge >= 0.3 is 0 Å². The van der Waals surface area contributed by atoms with Crippen molar-refractivity contribution >= 4 is 62.7 Å². The Morgan fingerprint density at radius 1 is 1.21 bits per heavy atom. The highest BCUT2D eigenvalue weighted by Gasteiger charge is 2.29. The molecule has 28 heavy (non-hydrogen) atoms. The first-order chi connectivity index (χ1) is 13.4. The smallest absolute Gasteiger partial charge is 0.267 e. The van der Waals surface area contributed by atoms with Gasteiger partial charge in [0.2, 0.25) is 0 Å². The Morgan fingerprint density at radius 2 is 1.93 bits per heavy atom. The van der Waals surface area contributed by atoms with Gasteiger partial charge in [-0.05, 0) is 44.4 Å². The number of nitrogens with two attached hydrogens (primary N) is 1. The van der Waals surface area contributed by atoms with E-state index >= 15 is 0 Å². The van der Waals surface area contributed by atoms with Gasteiger partial charge in [0.1, 0.15) is 9.88 Å². The van der Waals surface area contributed by atoms with Crippen molar-refractivity contribution in [3.05, 3.63) is 38.7 Å². The molecule has 0 spiro atoms. The summed E-state index contributed by atoms with van der Waals surface area (Å²) in [6.07, 6.45) is 3.09. The minimum atomic E-state index is -0.413. The second-order valence-corrected chi connectivity index (χ2v) is 8.37. The van der Waals surface area contributed by atoms with Gasteiger partial charge in [-0.1, -0.05) is 23.2 Å². The number of carbonyl (C=O) groups is 2. The molecule has 1 aromatic carbocycles. The molecular formula is C19H22Cl2N4O2S. The number of carbonyl (C=O) groups excluding carboxylic acids is 2. The largest absolute Gasteiger partial charge is 0.397 e. The molecule has 1 aliphatic heterocycles. The van der Waals surface area contributed by atoms with Crippen LogP contribution in [-0.4, -0.2) is 36.3 Å². The number of thiophene rings is 1. The molecule has 0 bridgehead atoms. The molecule has 1 saturated heterocycles. The topological polar surface area (TPSA) is 87.5 Å². The Balaban J connectivity index is 1.90. The fraction of sp³-hybridized carbons (Fsp3) is 0.368. The molecule has 0 saturated carbocycles. The van der Waals surface area contributed by atoms with Crippen LogP contribution >= 0.6 is 34.5 Å². The molecule has 2 amide bonds. The monoisotopic (exact) mass is 440 g/mol. The Bertz CT molecular complexity index is 894. The van der Waals surface area contributed by atoms with E-state index in [1.807, 2.05) is 6.92 Å². The SMILES string of the molecule is CCNc1sc(C(=O)Nc2ccc(Cl)cc2Cl)c(N)c1C(=O)N1CCCCC1. The lowest BCUT2D eigenvalue weighted by Gasteiger charge is -2.27. The summed E-state index contributed by atoms with van der Waals surface area (Å²) in [5.41, 5.74) is 7.26. The number of hydrogen-bond acceptors (Lipinski definition) is 5. The summed E-state index contributed by atoms with van der Waals surface area (Å²) in [6.45, 7) is 3.96. The standard InChI is InChI=1S/C19H22Cl2N4O2S/c1-2-23-18-14(19(27)25-8-4-3-5-9-25)15(22)16(28-18)17(26)24-13-7-6-11(20)10-12(13)21/h6-7,10,23H,2-5,8-9,22H2,1H3,(H,24,26). The maximum atomic E-state index is 13.0. The van der Waals surface area contributed by atoms with Crippen LogP contribution in [0, 0.1) is 0 Å². The molecule has 1 aromatic heterocycles. The van der Waals surface area contributed by atoms with E-state index in [0.29, 0.717) is 45.9 Å². The summed E-state index contributed by atoms with van der Waals surface area (Å²) < 4.78 is 0. The molecule has 2 heterocycles. The molecule has 0 atom stereocenters. The number of nitrogens with zero attached hydrogens (tertiary/aromatic N) is 1. The van der Waals surface area contributed by atoms with Crippen molar-refractivity contribution in [2.75, 3.05) is 36.0 Å². The Morgan fingerprint density at radius 3 is 2.57 bits per heavy atom. The van der Waals surface area contributed by atoms with Gasteiger partial charge in [-0.15, -0.1) is 11.3 Å². The van der Waals surface area contributed by atoms with Gasteiger partial charge in [0.25, 0.3) is 11.8 Å². The van der Waals surface area contributed by atoms with E-state index in [1.165, 1.54) is 11.3 Å². The first-order valence-corrected chi connectivity index (χ1v) is 10.7. The first-order valence-electron chi connectivity index (χ1n) is 9.14. The minimum Gasteiger partial charge on any atom is -0.397 e. The lowest BCUT2D eigenvalue weighted by atomic mass is 10.1. The molecule has 0 aliphatic carbocycles. The number of rotatable bonds is 5. The third-order valence-electron chi connectivity index (χ3n) is 4.53. The van der Waals surface area contributed by atoms with Crippen LogP contribution in [0.25, 0.3) is 0 Å². The zero-order valence-electron chi connectivity index (χ0n) is 15.5. The van der Waals surface area contributed by atoms with Crippen molar-refractivity contribution in [1.29, 1.82) is 0 Å². The predicted molar refractivity (Wildman–Crippen MR) is 117 cm³/mol. The molecule has 9 heteroatoms. The second kappa shape index (κ2) is 9.03. The van der Waals surface area contributed by atoms with Crippen LogP contribution in [-0.2, 0) is 0 Å². The van der Waals surface area contributed by atoms with Crippen molar-refractivity contribution in [2.45, 2.75) is 26.2 Å². The van der Waals surface area contributed by atoms with Crippen LogP contribution < -0.4 is 16.4 Å². The van der Waals surface area contributed by atoms with Gasteiger partial charge in [-0.25, -0.2) is 0 Å². The quantitative estimate of drug-likeness (QED) is 0.613. The van der Waals surface area contributed by atoms with E-state index in [4.69, 9.17) is 28.9 Å². The van der Waals surface area contributed by atoms with Gasteiger partial charge in [-0.2, -0.15) is 0 Å². The summed E-state index contributed by atoms with van der Waals surface area (Å²) in [5.74, 6) is -0.545. The summed E-state index contributed by atoms with van der Waals surface area (Å²) >= 11 is 13.2. The number of nitrogens with one attached hydrogen (secondary N) is 2. The molecule has 4 N–H and O–H groups in total. The van der Waals surface area contributed by atoms with Crippen molar-refractivity contribution in [2.24, 2.45) is 0 Å². The third kappa shape index (κ3) is 4.37. The van der Waals surface area contributed by atoms with Crippen molar-refractivity contribution in [3.63, 3.8) is 0 Å². The number of amides is 2. The van der Waals surface area contributed by atoms with E-state index < -0.39 is 5.91 Å². The zero-order chi connectivity index (χ0) is 20.3. The number of hydrogen-bond donors (Lipinski definition) is 3. The molecule has 150 valence electrons. The highest BCUT2D eigenvalue weighted by molar-refractivity contribution is 7.19. The molecule has 1 fully saturated rings. The van der Waals surface area contributed by atoms with E-state index in [0.717, 1.165) is 19.3 Å². The first kappa shape index (κ1) is 20.8. The maximum absolute atomic E-state index is 13.0. The van der Waals surface area contributed by atoms with Crippen molar-refractivity contribution in [1.82, 2.24) is 4.90 Å². The van der Waals surface area contributed by atoms with E-state index in [2.05, 4.69) is 10.6 Å². The highest BCUT2D eigenvalue weighted by Crippen LogP contribution is 2.38. The molecule has 2 aromatic rings. The number of piperidine rings is 1. The number of anilines is 3. The van der Waals surface area contributed by atoms with Crippen LogP contribution in [0.3, 0.4) is 0 Å². The van der Waals surface area contributed by atoms with Gasteiger partial charge in [0.15, 0.2) is 0 Å². The molecule has 3 rings (SSSR count). The van der Waals surface area contributed by atoms with E-state index in [1.54, 1.807) is 23.1 Å². The fourth-order valence-corrected chi connectivity index (χ4v) is 4.67. The summed E-state index contributed by atoms with van der Waals surface area (Å²) in [6, 6.07) is 4.81. The maximum Gasteiger partial charge on any atom is 0.267 e. The van der Waals surface area contributed by atoms with E-state index in [9.17, 15) is 9.59 Å². The summed E-state index contributed by atoms with van der Waals surface area (Å²) in [7, 11) is 0. The van der Waals surface area contributed by atoms with Gasteiger partial charge < -0.3 is 21.3 Å². The van der Waals surface area contributed by atoms with Gasteiger partial charge in [-0.3, -0.25) is 9.59 Å². The van der Waals surface area contributed by atoms with Gasteiger partial charge in [0.05, 0.1) is 22.0 Å². The normalized spacial score (nSPS) is 14.0. The minimum absolute atomic E-state index is 0.132. The number of halogens is 2. The molecule has 6 nitrogen and oxygen atoms in total. The van der Waals surface area contributed by atoms with Gasteiger partial charge in [0, 0.05) is 24.7 Å². The van der Waals surface area contributed by atoms with Crippen LogP contribution in [0.15, 0.2) is 18.2 Å². The Labute approximate surface area is 178 Å². The lowest BCUT2D eigenvalue weighted by molar-refractivity contribution is 0.0727. The molecule has 0 unspecified atom stereocenters. The lowest BCUT2D eigenvalue weighted by Crippen LogP contribution is -2.36. The Kier molecular flexibility index (Phi) is 6.69. The number of nitrogen functional groups attached to an aromatic ring is 1. The third-order valence-corrected chi connectivity index (χ3v) is 6.24. The van der Waals surface area contributed by atoms with Crippen LogP contribution in [0.2, 0.25) is 10.0 Å². The average Bonchev–Trinajstić information content (AvgIpc) is 3.00. The average molecular weight is 441 g/mol. The molecule has 1 aliphatic rings. The van der Waals surface area contributed by atoms with E-state index in [-0.39, 0.29) is 16.5 Å². The number of benzene rings is 1. The van der Waals surface area contributed by atoms with Crippen molar-refractivity contribution in [3.8, 4) is 0 Å². The molecule has 0 radical (unpaired) electrons. The summed E-state index contributed by atoms with van der Waals surface area (Å²) in [4.78, 5) is 27.9. The van der Waals surface area contributed by atoms with Crippen LogP contribution in [0.5, 0.6) is 0 Å². The highest BCUT2D eigenvalue weighted by atomic mass is 35.5. The second-order valence-electron chi connectivity index (χ2n) is 6.51. The number of likely N-dealkylation sites (tertiary alicyclic amines) is 1. The fourth-order valence-electron chi connectivity index (χ4n) is 3.13. The van der Waals surface area contributed by atoms with Crippen LogP contribution in [0.4, 0.5) is 16.4 Å². The zero-order valence-corrected chi connectivity index (χ0v) is 17.8.